The molecule has 0 saturated carbocycles. The molecule has 0 N–H and O–H groups in total. The van der Waals surface area contributed by atoms with Gasteiger partial charge in [-0.15, -0.1) is 0 Å². The minimum absolute atomic E-state index is 0.0639. The topological polar surface area (TPSA) is 63.9 Å². The zero-order valence-corrected chi connectivity index (χ0v) is 12.7. The molecule has 0 aromatic carbocycles. The van der Waals surface area contributed by atoms with Gasteiger partial charge >= 0.3 is 5.97 Å². The maximum atomic E-state index is 12.0. The highest BCUT2D eigenvalue weighted by atomic mass is 16.5. The summed E-state index contributed by atoms with van der Waals surface area (Å²) in [5.41, 5.74) is 1.84. The molecule has 2 rings (SSSR count). The minimum atomic E-state index is -0.594. The first-order valence-corrected chi connectivity index (χ1v) is 6.77. The molecule has 0 atom stereocenters. The van der Waals surface area contributed by atoms with Crippen molar-refractivity contribution in [1.29, 1.82) is 0 Å². The number of fused-ring (bicyclic) bond motifs is 1. The van der Waals surface area contributed by atoms with Crippen molar-refractivity contribution in [3.63, 3.8) is 0 Å². The van der Waals surface area contributed by atoms with E-state index in [4.69, 9.17) is 4.74 Å². The van der Waals surface area contributed by atoms with Crippen molar-refractivity contribution in [2.75, 3.05) is 13.7 Å². The highest BCUT2D eigenvalue weighted by molar-refractivity contribution is 5.90. The van der Waals surface area contributed by atoms with Crippen molar-refractivity contribution in [2.45, 2.75) is 26.8 Å². The number of hydrogen-bond acceptors (Lipinski definition) is 4. The van der Waals surface area contributed by atoms with Gasteiger partial charge < -0.3 is 14.0 Å². The van der Waals surface area contributed by atoms with Crippen molar-refractivity contribution >= 4 is 17.5 Å². The van der Waals surface area contributed by atoms with E-state index in [9.17, 15) is 9.59 Å². The number of nitrogens with zero attached hydrogens (tertiary/aromatic N) is 3. The number of amides is 1. The van der Waals surface area contributed by atoms with Crippen molar-refractivity contribution < 1.29 is 14.3 Å². The van der Waals surface area contributed by atoms with Crippen molar-refractivity contribution in [3.8, 4) is 0 Å². The van der Waals surface area contributed by atoms with Gasteiger partial charge in [0.1, 0.15) is 5.65 Å². The fourth-order valence-electron chi connectivity index (χ4n) is 1.84. The minimum Gasteiger partial charge on any atom is -0.451 e. The zero-order chi connectivity index (χ0) is 15.6. The summed E-state index contributed by atoms with van der Waals surface area (Å²) < 4.78 is 6.83. The molecule has 0 aliphatic heterocycles. The molecule has 0 fully saturated rings. The first-order valence-electron chi connectivity index (χ1n) is 6.77. The van der Waals surface area contributed by atoms with E-state index in [0.717, 1.165) is 5.69 Å². The Morgan fingerprint density at radius 3 is 2.71 bits per heavy atom. The van der Waals surface area contributed by atoms with E-state index in [1.807, 2.05) is 39.0 Å². The third kappa shape index (κ3) is 3.21. The van der Waals surface area contributed by atoms with E-state index < -0.39 is 5.97 Å². The predicted octanol–water partition coefficient (Wildman–Crippen LogP) is 1.67. The van der Waals surface area contributed by atoms with Crippen molar-refractivity contribution in [1.82, 2.24) is 14.3 Å². The Hall–Kier alpha value is -2.37. The number of carbonyl (C=O) groups excluding carboxylic acids is 2. The van der Waals surface area contributed by atoms with Crippen LogP contribution in [0.4, 0.5) is 0 Å². The van der Waals surface area contributed by atoms with Gasteiger partial charge in [-0.05, 0) is 32.9 Å². The van der Waals surface area contributed by atoms with Crippen LogP contribution < -0.4 is 0 Å². The molecule has 0 aliphatic rings. The van der Waals surface area contributed by atoms with E-state index in [1.165, 1.54) is 4.90 Å². The number of aromatic nitrogens is 2. The summed E-state index contributed by atoms with van der Waals surface area (Å²) in [5, 5.41) is 0. The largest absolute Gasteiger partial charge is 0.451 e. The number of rotatable bonds is 4. The summed E-state index contributed by atoms with van der Waals surface area (Å²) in [4.78, 5) is 29.4. The highest BCUT2D eigenvalue weighted by Gasteiger charge is 2.17. The SMILES string of the molecule is Cc1cccc2nc(C(=O)OCC(=O)N(C)C(C)C)cn12. The molecule has 0 spiro atoms. The molecular weight excluding hydrogens is 270 g/mol. The standard InChI is InChI=1S/C15H19N3O3/c1-10(2)17(4)14(19)9-21-15(20)12-8-18-11(3)6-5-7-13(18)16-12/h5-8,10H,9H2,1-4H3. The second-order valence-electron chi connectivity index (χ2n) is 5.20. The fraction of sp³-hybridized carbons (Fsp3) is 0.400. The summed E-state index contributed by atoms with van der Waals surface area (Å²) in [5.74, 6) is -0.832. The molecule has 0 bridgehead atoms. The number of likely N-dealkylation sites (N-methyl/N-ethyl adjacent to an activating group) is 1. The summed E-state index contributed by atoms with van der Waals surface area (Å²) in [6.07, 6.45) is 1.61. The van der Waals surface area contributed by atoms with Gasteiger partial charge in [0.25, 0.3) is 5.91 Å². The second kappa shape index (κ2) is 5.95. The number of carbonyl (C=O) groups is 2. The van der Waals surface area contributed by atoms with E-state index >= 15 is 0 Å². The summed E-state index contributed by atoms with van der Waals surface area (Å²) in [7, 11) is 1.68. The molecule has 0 unspecified atom stereocenters. The lowest BCUT2D eigenvalue weighted by atomic mass is 10.3. The summed E-state index contributed by atoms with van der Waals surface area (Å²) in [6.45, 7) is 5.43. The Kier molecular flexibility index (Phi) is 4.26. The lowest BCUT2D eigenvalue weighted by molar-refractivity contribution is -0.134. The second-order valence-corrected chi connectivity index (χ2v) is 5.20. The Labute approximate surface area is 123 Å². The monoisotopic (exact) mass is 289 g/mol. The van der Waals surface area contributed by atoms with Crippen LogP contribution in [0.2, 0.25) is 0 Å². The van der Waals surface area contributed by atoms with Crippen LogP contribution in [0.5, 0.6) is 0 Å². The Balaban J connectivity index is 2.06. The molecule has 21 heavy (non-hydrogen) atoms. The highest BCUT2D eigenvalue weighted by Crippen LogP contribution is 2.09. The van der Waals surface area contributed by atoms with Crippen molar-refractivity contribution in [2.24, 2.45) is 0 Å². The molecule has 1 amide bonds. The molecule has 2 heterocycles. The van der Waals surface area contributed by atoms with Gasteiger partial charge in [-0.1, -0.05) is 6.07 Å². The quantitative estimate of drug-likeness (QED) is 0.803. The number of aryl methyl sites for hydroxylation is 1. The van der Waals surface area contributed by atoms with Gasteiger partial charge in [0, 0.05) is 25.0 Å². The number of hydrogen-bond donors (Lipinski definition) is 0. The van der Waals surface area contributed by atoms with Crippen LogP contribution in [0.1, 0.15) is 30.0 Å². The van der Waals surface area contributed by atoms with E-state index in [0.29, 0.717) is 5.65 Å². The predicted molar refractivity (Wildman–Crippen MR) is 78.1 cm³/mol. The Bertz CT molecular complexity index is 676. The molecule has 6 nitrogen and oxygen atoms in total. The van der Waals surface area contributed by atoms with E-state index in [1.54, 1.807) is 17.6 Å². The lowest BCUT2D eigenvalue weighted by Crippen LogP contribution is -2.36. The summed E-state index contributed by atoms with van der Waals surface area (Å²) >= 11 is 0. The van der Waals surface area contributed by atoms with Gasteiger partial charge in [-0.3, -0.25) is 4.79 Å². The molecule has 2 aromatic heterocycles. The van der Waals surface area contributed by atoms with Gasteiger partial charge in [0.05, 0.1) is 0 Å². The number of imidazole rings is 1. The molecule has 6 heteroatoms. The number of ether oxygens (including phenoxy) is 1. The summed E-state index contributed by atoms with van der Waals surface area (Å²) in [6, 6.07) is 5.66. The van der Waals surface area contributed by atoms with Gasteiger partial charge in [-0.2, -0.15) is 0 Å². The van der Waals surface area contributed by atoms with Gasteiger partial charge in [0.2, 0.25) is 0 Å². The average Bonchev–Trinajstić information content (AvgIpc) is 2.89. The lowest BCUT2D eigenvalue weighted by Gasteiger charge is -2.20. The van der Waals surface area contributed by atoms with Gasteiger partial charge in [0.15, 0.2) is 12.3 Å². The Morgan fingerprint density at radius 2 is 2.10 bits per heavy atom. The fourth-order valence-corrected chi connectivity index (χ4v) is 1.84. The first kappa shape index (κ1) is 15.0. The maximum Gasteiger partial charge on any atom is 0.359 e. The molecule has 112 valence electrons. The van der Waals surface area contributed by atoms with Crippen LogP contribution in [-0.4, -0.2) is 45.9 Å². The van der Waals surface area contributed by atoms with Crippen LogP contribution in [-0.2, 0) is 9.53 Å². The van der Waals surface area contributed by atoms with E-state index in [-0.39, 0.29) is 24.2 Å². The van der Waals surface area contributed by atoms with Crippen molar-refractivity contribution in [3.05, 3.63) is 35.8 Å². The zero-order valence-electron chi connectivity index (χ0n) is 12.7. The van der Waals surface area contributed by atoms with Crippen LogP contribution in [0.25, 0.3) is 5.65 Å². The molecular formula is C15H19N3O3. The molecule has 0 radical (unpaired) electrons. The number of esters is 1. The third-order valence-electron chi connectivity index (χ3n) is 3.40. The van der Waals surface area contributed by atoms with Crippen LogP contribution in [0.15, 0.2) is 24.4 Å². The maximum absolute atomic E-state index is 12.0. The third-order valence-corrected chi connectivity index (χ3v) is 3.40. The molecule has 0 aliphatic carbocycles. The van der Waals surface area contributed by atoms with E-state index in [2.05, 4.69) is 4.98 Å². The molecule has 0 saturated heterocycles. The van der Waals surface area contributed by atoms with Gasteiger partial charge in [-0.25, -0.2) is 9.78 Å². The first-order chi connectivity index (χ1) is 9.90. The average molecular weight is 289 g/mol. The number of pyridine rings is 1. The van der Waals surface area contributed by atoms with Crippen LogP contribution in [0.3, 0.4) is 0 Å². The molecule has 2 aromatic rings. The van der Waals surface area contributed by atoms with Crippen LogP contribution in [0, 0.1) is 6.92 Å². The Morgan fingerprint density at radius 1 is 1.38 bits per heavy atom. The normalized spacial score (nSPS) is 10.9. The smallest absolute Gasteiger partial charge is 0.359 e. The van der Waals surface area contributed by atoms with Crippen LogP contribution >= 0.6 is 0 Å².